The van der Waals surface area contributed by atoms with Crippen LogP contribution in [-0.4, -0.2) is 27.0 Å². The van der Waals surface area contributed by atoms with E-state index in [-0.39, 0.29) is 0 Å². The molecule has 4 nitrogen and oxygen atoms in total. The molecule has 0 radical (unpaired) electrons. The van der Waals surface area contributed by atoms with Crippen molar-refractivity contribution in [1.29, 1.82) is 0 Å². The zero-order valence-electron chi connectivity index (χ0n) is 11.5. The predicted octanol–water partition coefficient (Wildman–Crippen LogP) is 2.91. The molecule has 120 valence electrons. The van der Waals surface area contributed by atoms with Crippen LogP contribution in [0.2, 0.25) is 0 Å². The van der Waals surface area contributed by atoms with Gasteiger partial charge in [0.15, 0.2) is 0 Å². The average molecular weight is 324 g/mol. The summed E-state index contributed by atoms with van der Waals surface area (Å²) in [5.74, 6) is 0. The number of nitrogens with one attached hydrogen (secondary N) is 1. The summed E-state index contributed by atoms with van der Waals surface area (Å²) < 4.78 is 59.4. The van der Waals surface area contributed by atoms with E-state index in [1.165, 1.54) is 12.1 Å². The molecule has 21 heavy (non-hydrogen) atoms. The lowest BCUT2D eigenvalue weighted by atomic mass is 10.2. The maximum Gasteiger partial charge on any atom is 0.501 e. The Labute approximate surface area is 122 Å². The van der Waals surface area contributed by atoms with Crippen molar-refractivity contribution in [2.75, 3.05) is 18.4 Å². The minimum Gasteiger partial charge on any atom is -0.385 e. The first kappa shape index (κ1) is 17.8. The van der Waals surface area contributed by atoms with Crippen LogP contribution in [0.25, 0.3) is 0 Å². The number of halogens is 3. The minimum absolute atomic E-state index is 0.593. The number of hydrogen-bond acceptors (Lipinski definition) is 4. The predicted molar refractivity (Wildman–Crippen MR) is 75.7 cm³/mol. The Morgan fingerprint density at radius 2 is 1.57 bits per heavy atom. The van der Waals surface area contributed by atoms with Crippen molar-refractivity contribution in [3.8, 4) is 0 Å². The largest absolute Gasteiger partial charge is 0.501 e. The highest BCUT2D eigenvalue weighted by Crippen LogP contribution is 2.30. The Balaban J connectivity index is 2.52. The molecule has 8 heteroatoms. The summed E-state index contributed by atoms with van der Waals surface area (Å²) in [5.41, 5.74) is 0.689. The van der Waals surface area contributed by atoms with E-state index in [4.69, 9.17) is 5.73 Å². The molecule has 0 aliphatic carbocycles. The van der Waals surface area contributed by atoms with Crippen molar-refractivity contribution in [1.82, 2.24) is 0 Å². The fourth-order valence-electron chi connectivity index (χ4n) is 1.74. The van der Waals surface area contributed by atoms with Crippen molar-refractivity contribution in [2.45, 2.75) is 36.1 Å². The molecule has 0 saturated heterocycles. The van der Waals surface area contributed by atoms with E-state index < -0.39 is 20.2 Å². The first-order valence-corrected chi connectivity index (χ1v) is 8.12. The lowest BCUT2D eigenvalue weighted by Gasteiger charge is -2.10. The summed E-state index contributed by atoms with van der Waals surface area (Å²) in [6.07, 6.45) is 3.96. The van der Waals surface area contributed by atoms with E-state index in [9.17, 15) is 21.6 Å². The van der Waals surface area contributed by atoms with Crippen LogP contribution in [0.4, 0.5) is 18.9 Å². The van der Waals surface area contributed by atoms with Gasteiger partial charge in [-0.1, -0.05) is 12.8 Å². The molecule has 1 aromatic carbocycles. The van der Waals surface area contributed by atoms with Gasteiger partial charge in [0, 0.05) is 12.2 Å². The van der Waals surface area contributed by atoms with Gasteiger partial charge < -0.3 is 11.1 Å². The van der Waals surface area contributed by atoms with E-state index in [0.29, 0.717) is 18.8 Å². The average Bonchev–Trinajstić information content (AvgIpc) is 2.42. The fraction of sp³-hybridized carbons (Fsp3) is 0.538. The van der Waals surface area contributed by atoms with E-state index in [1.54, 1.807) is 0 Å². The second-order valence-corrected chi connectivity index (χ2v) is 6.54. The van der Waals surface area contributed by atoms with Crippen LogP contribution in [0.3, 0.4) is 0 Å². The Morgan fingerprint density at radius 3 is 2.10 bits per heavy atom. The van der Waals surface area contributed by atoms with Gasteiger partial charge in [-0.15, -0.1) is 0 Å². The second-order valence-electron chi connectivity index (χ2n) is 4.60. The number of hydrogen-bond donors (Lipinski definition) is 2. The highest BCUT2D eigenvalue weighted by atomic mass is 32.2. The van der Waals surface area contributed by atoms with E-state index in [2.05, 4.69) is 5.32 Å². The van der Waals surface area contributed by atoms with Gasteiger partial charge in [0.2, 0.25) is 0 Å². The van der Waals surface area contributed by atoms with E-state index >= 15 is 0 Å². The fourth-order valence-corrected chi connectivity index (χ4v) is 2.50. The van der Waals surface area contributed by atoms with Crippen LogP contribution in [0, 0.1) is 0 Å². The lowest BCUT2D eigenvalue weighted by molar-refractivity contribution is -0.0436. The monoisotopic (exact) mass is 324 g/mol. The Kier molecular flexibility index (Phi) is 6.47. The first-order valence-electron chi connectivity index (χ1n) is 6.64. The number of benzene rings is 1. The molecule has 0 bridgehead atoms. The quantitative estimate of drug-likeness (QED) is 0.721. The lowest BCUT2D eigenvalue weighted by Crippen LogP contribution is -2.23. The van der Waals surface area contributed by atoms with Gasteiger partial charge in [0.1, 0.15) is 0 Å². The van der Waals surface area contributed by atoms with Crippen molar-refractivity contribution < 1.29 is 21.6 Å². The second kappa shape index (κ2) is 7.65. The number of rotatable bonds is 8. The molecule has 0 aromatic heterocycles. The molecular weight excluding hydrogens is 305 g/mol. The summed E-state index contributed by atoms with van der Waals surface area (Å²) >= 11 is 0. The molecule has 1 rings (SSSR count). The number of sulfone groups is 1. The summed E-state index contributed by atoms with van der Waals surface area (Å²) in [7, 11) is -5.27. The van der Waals surface area contributed by atoms with Gasteiger partial charge in [-0.3, -0.25) is 0 Å². The number of alkyl halides is 3. The topological polar surface area (TPSA) is 72.2 Å². The molecule has 3 N–H and O–H groups in total. The van der Waals surface area contributed by atoms with Crippen LogP contribution < -0.4 is 11.1 Å². The Hall–Kier alpha value is -1.28. The SMILES string of the molecule is NCCCCCCNc1ccc(S(=O)(=O)C(F)(F)F)cc1. The third-order valence-electron chi connectivity index (χ3n) is 2.93. The maximum absolute atomic E-state index is 12.4. The molecule has 0 heterocycles. The molecule has 0 atom stereocenters. The molecule has 0 aliphatic heterocycles. The standard InChI is InChI=1S/C13H19F3N2O2S/c14-13(15,16)21(19,20)12-7-5-11(6-8-12)18-10-4-2-1-3-9-17/h5-8,18H,1-4,9-10,17H2. The molecule has 0 fully saturated rings. The van der Waals surface area contributed by atoms with Crippen LogP contribution in [-0.2, 0) is 9.84 Å². The normalized spacial score (nSPS) is 12.4. The van der Waals surface area contributed by atoms with Gasteiger partial charge in [-0.2, -0.15) is 13.2 Å². The zero-order chi connectivity index (χ0) is 15.9. The van der Waals surface area contributed by atoms with Crippen LogP contribution >= 0.6 is 0 Å². The molecular formula is C13H19F3N2O2S. The third kappa shape index (κ3) is 5.20. The van der Waals surface area contributed by atoms with Gasteiger partial charge in [-0.05, 0) is 43.7 Å². The van der Waals surface area contributed by atoms with Crippen molar-refractivity contribution in [3.63, 3.8) is 0 Å². The van der Waals surface area contributed by atoms with Gasteiger partial charge >= 0.3 is 5.51 Å². The Bertz CT molecular complexity index is 527. The highest BCUT2D eigenvalue weighted by molar-refractivity contribution is 7.92. The van der Waals surface area contributed by atoms with Crippen LogP contribution in [0.5, 0.6) is 0 Å². The zero-order valence-corrected chi connectivity index (χ0v) is 12.3. The third-order valence-corrected chi connectivity index (χ3v) is 4.43. The maximum atomic E-state index is 12.4. The summed E-state index contributed by atoms with van der Waals surface area (Å²) in [6, 6.07) is 4.58. The highest BCUT2D eigenvalue weighted by Gasteiger charge is 2.46. The molecule has 0 amide bonds. The van der Waals surface area contributed by atoms with E-state index in [0.717, 1.165) is 37.8 Å². The Morgan fingerprint density at radius 1 is 1.00 bits per heavy atom. The van der Waals surface area contributed by atoms with Gasteiger partial charge in [0.05, 0.1) is 4.90 Å². The number of unbranched alkanes of at least 4 members (excludes halogenated alkanes) is 3. The summed E-state index contributed by atoms with van der Waals surface area (Å²) in [5, 5.41) is 3.03. The van der Waals surface area contributed by atoms with Crippen molar-refractivity contribution in [3.05, 3.63) is 24.3 Å². The van der Waals surface area contributed by atoms with Crippen molar-refractivity contribution in [2.24, 2.45) is 5.73 Å². The van der Waals surface area contributed by atoms with Crippen LogP contribution in [0.1, 0.15) is 25.7 Å². The molecule has 0 aliphatic rings. The summed E-state index contributed by atoms with van der Waals surface area (Å²) in [4.78, 5) is -0.747. The van der Waals surface area contributed by atoms with E-state index in [1.807, 2.05) is 0 Å². The van der Waals surface area contributed by atoms with Gasteiger partial charge in [-0.25, -0.2) is 8.42 Å². The van der Waals surface area contributed by atoms with Crippen molar-refractivity contribution >= 4 is 15.5 Å². The van der Waals surface area contributed by atoms with Crippen LogP contribution in [0.15, 0.2) is 29.2 Å². The smallest absolute Gasteiger partial charge is 0.385 e. The first-order chi connectivity index (χ1) is 9.79. The number of nitrogens with two attached hydrogens (primary N) is 1. The molecule has 0 spiro atoms. The number of anilines is 1. The summed E-state index contributed by atoms with van der Waals surface area (Å²) in [6.45, 7) is 1.35. The molecule has 0 unspecified atom stereocenters. The molecule has 1 aromatic rings. The van der Waals surface area contributed by atoms with Gasteiger partial charge in [0.25, 0.3) is 9.84 Å². The minimum atomic E-state index is -5.27. The molecule has 0 saturated carbocycles.